The van der Waals surface area contributed by atoms with Crippen molar-refractivity contribution < 1.29 is 14.7 Å². The predicted octanol–water partition coefficient (Wildman–Crippen LogP) is 3.47. The Hall–Kier alpha value is -2.86. The second kappa shape index (κ2) is 9.09. The van der Waals surface area contributed by atoms with Crippen LogP contribution < -0.4 is 11.1 Å². The molecule has 1 aliphatic rings. The number of aromatic hydroxyl groups is 1. The molecule has 1 heterocycles. The van der Waals surface area contributed by atoms with Gasteiger partial charge in [-0.15, -0.1) is 0 Å². The molecule has 2 amide bonds. The van der Waals surface area contributed by atoms with E-state index in [0.717, 1.165) is 37.1 Å². The van der Waals surface area contributed by atoms with E-state index in [1.807, 2.05) is 44.2 Å². The molecular formula is C23H29N3O3. The summed E-state index contributed by atoms with van der Waals surface area (Å²) in [5, 5.41) is 13.0. The SMILES string of the molecule is CC(C)c1ccc(C(=O)Nc2ccc(CN3CCCC(C(N)=O)C3)cc2)c(O)c1. The Morgan fingerprint density at radius 3 is 2.55 bits per heavy atom. The molecule has 0 aliphatic carbocycles. The number of likely N-dealkylation sites (tertiary alicyclic amines) is 1. The molecular weight excluding hydrogens is 366 g/mol. The van der Waals surface area contributed by atoms with Gasteiger partial charge in [-0.25, -0.2) is 0 Å². The van der Waals surface area contributed by atoms with Crippen molar-refractivity contribution in [1.29, 1.82) is 0 Å². The summed E-state index contributed by atoms with van der Waals surface area (Å²) < 4.78 is 0. The second-order valence-corrected chi connectivity index (χ2v) is 8.06. The number of nitrogens with one attached hydrogen (secondary N) is 1. The van der Waals surface area contributed by atoms with Crippen molar-refractivity contribution in [1.82, 2.24) is 4.90 Å². The Kier molecular flexibility index (Phi) is 6.54. The first-order valence-corrected chi connectivity index (χ1v) is 10.1. The quantitative estimate of drug-likeness (QED) is 0.698. The molecule has 2 aromatic carbocycles. The van der Waals surface area contributed by atoms with Crippen LogP contribution >= 0.6 is 0 Å². The van der Waals surface area contributed by atoms with Crippen molar-refractivity contribution in [3.63, 3.8) is 0 Å². The molecule has 2 aromatic rings. The number of nitrogens with two attached hydrogens (primary N) is 1. The summed E-state index contributed by atoms with van der Waals surface area (Å²) in [4.78, 5) is 26.2. The number of nitrogens with zero attached hydrogens (tertiary/aromatic N) is 1. The van der Waals surface area contributed by atoms with E-state index in [2.05, 4.69) is 10.2 Å². The molecule has 6 heteroatoms. The van der Waals surface area contributed by atoms with Crippen LogP contribution in [0.25, 0.3) is 0 Å². The molecule has 0 saturated carbocycles. The van der Waals surface area contributed by atoms with Crippen molar-refractivity contribution in [3.05, 3.63) is 59.2 Å². The molecule has 29 heavy (non-hydrogen) atoms. The number of rotatable bonds is 6. The lowest BCUT2D eigenvalue weighted by Crippen LogP contribution is -2.40. The third-order valence-electron chi connectivity index (χ3n) is 5.46. The van der Waals surface area contributed by atoms with E-state index in [9.17, 15) is 14.7 Å². The Morgan fingerprint density at radius 1 is 1.21 bits per heavy atom. The monoisotopic (exact) mass is 395 g/mol. The van der Waals surface area contributed by atoms with E-state index in [1.165, 1.54) is 0 Å². The standard InChI is InChI=1S/C23H29N3O3/c1-15(2)17-7-10-20(21(27)12-17)23(29)25-19-8-5-16(6-9-19)13-26-11-3-4-18(14-26)22(24)28/h5-10,12,15,18,27H,3-4,11,13-14H2,1-2H3,(H2,24,28)(H,25,29). The highest BCUT2D eigenvalue weighted by Crippen LogP contribution is 2.25. The summed E-state index contributed by atoms with van der Waals surface area (Å²) in [5.74, 6) is -0.372. The molecule has 3 rings (SSSR count). The molecule has 0 spiro atoms. The molecule has 0 bridgehead atoms. The number of anilines is 1. The smallest absolute Gasteiger partial charge is 0.259 e. The van der Waals surface area contributed by atoms with Gasteiger partial charge in [0.15, 0.2) is 0 Å². The summed E-state index contributed by atoms with van der Waals surface area (Å²) in [7, 11) is 0. The molecule has 1 saturated heterocycles. The van der Waals surface area contributed by atoms with E-state index in [1.54, 1.807) is 12.1 Å². The normalized spacial score (nSPS) is 17.3. The van der Waals surface area contributed by atoms with E-state index in [-0.39, 0.29) is 35.0 Å². The number of piperidine rings is 1. The molecule has 4 N–H and O–H groups in total. The van der Waals surface area contributed by atoms with Gasteiger partial charge in [-0.05, 0) is 60.7 Å². The molecule has 1 fully saturated rings. The highest BCUT2D eigenvalue weighted by Gasteiger charge is 2.23. The minimum atomic E-state index is -0.342. The van der Waals surface area contributed by atoms with Crippen molar-refractivity contribution in [2.45, 2.75) is 39.2 Å². The van der Waals surface area contributed by atoms with Crippen molar-refractivity contribution in [3.8, 4) is 5.75 Å². The maximum absolute atomic E-state index is 12.5. The Morgan fingerprint density at radius 2 is 1.93 bits per heavy atom. The molecule has 0 aromatic heterocycles. The molecule has 154 valence electrons. The van der Waals surface area contributed by atoms with E-state index in [4.69, 9.17) is 5.73 Å². The minimum absolute atomic E-state index is 0.0144. The van der Waals surface area contributed by atoms with Gasteiger partial charge < -0.3 is 16.2 Å². The van der Waals surface area contributed by atoms with Gasteiger partial charge in [0.25, 0.3) is 5.91 Å². The highest BCUT2D eigenvalue weighted by atomic mass is 16.3. The van der Waals surface area contributed by atoms with Crippen molar-refractivity contribution >= 4 is 17.5 Å². The van der Waals surface area contributed by atoms with E-state index >= 15 is 0 Å². The van der Waals surface area contributed by atoms with Crippen LogP contribution in [0.2, 0.25) is 0 Å². The van der Waals surface area contributed by atoms with Crippen LogP contribution in [-0.4, -0.2) is 34.9 Å². The summed E-state index contributed by atoms with van der Waals surface area (Å²) in [5.41, 5.74) is 8.46. The van der Waals surface area contributed by atoms with Crippen molar-refractivity contribution in [2.24, 2.45) is 11.7 Å². The number of amides is 2. The van der Waals surface area contributed by atoms with Crippen LogP contribution in [0.1, 0.15) is 54.1 Å². The van der Waals surface area contributed by atoms with E-state index < -0.39 is 0 Å². The summed E-state index contributed by atoms with van der Waals surface area (Å²) in [6, 6.07) is 12.8. The zero-order valence-corrected chi connectivity index (χ0v) is 17.0. The van der Waals surface area contributed by atoms with Crippen LogP contribution in [0.15, 0.2) is 42.5 Å². The molecule has 1 aliphatic heterocycles. The molecule has 1 atom stereocenters. The van der Waals surface area contributed by atoms with Crippen LogP contribution in [0.3, 0.4) is 0 Å². The fourth-order valence-electron chi connectivity index (χ4n) is 3.68. The Balaban J connectivity index is 1.60. The summed E-state index contributed by atoms with van der Waals surface area (Å²) >= 11 is 0. The third-order valence-corrected chi connectivity index (χ3v) is 5.46. The number of hydrogen-bond donors (Lipinski definition) is 3. The van der Waals surface area contributed by atoms with Crippen LogP contribution in [-0.2, 0) is 11.3 Å². The van der Waals surface area contributed by atoms with Gasteiger partial charge in [0, 0.05) is 18.8 Å². The fraction of sp³-hybridized carbons (Fsp3) is 0.391. The van der Waals surface area contributed by atoms with Gasteiger partial charge in [0.2, 0.25) is 5.91 Å². The van der Waals surface area contributed by atoms with E-state index in [0.29, 0.717) is 12.2 Å². The maximum Gasteiger partial charge on any atom is 0.259 e. The number of primary amides is 1. The summed E-state index contributed by atoms with van der Waals surface area (Å²) in [6.45, 7) is 6.46. The minimum Gasteiger partial charge on any atom is -0.507 e. The largest absolute Gasteiger partial charge is 0.507 e. The Labute approximate surface area is 171 Å². The first kappa shape index (κ1) is 20.9. The lowest BCUT2D eigenvalue weighted by molar-refractivity contribution is -0.123. The number of phenols is 1. The van der Waals surface area contributed by atoms with Crippen LogP contribution in [0.5, 0.6) is 5.75 Å². The average molecular weight is 396 g/mol. The molecule has 0 radical (unpaired) electrons. The predicted molar refractivity (Wildman–Crippen MR) is 114 cm³/mol. The van der Waals surface area contributed by atoms with Gasteiger partial charge >= 0.3 is 0 Å². The van der Waals surface area contributed by atoms with Gasteiger partial charge in [-0.3, -0.25) is 14.5 Å². The maximum atomic E-state index is 12.5. The topological polar surface area (TPSA) is 95.7 Å². The van der Waals surface area contributed by atoms with Gasteiger partial charge in [-0.1, -0.05) is 32.0 Å². The van der Waals surface area contributed by atoms with Crippen molar-refractivity contribution in [2.75, 3.05) is 18.4 Å². The highest BCUT2D eigenvalue weighted by molar-refractivity contribution is 6.06. The third kappa shape index (κ3) is 5.35. The fourth-order valence-corrected chi connectivity index (χ4v) is 3.68. The van der Waals surface area contributed by atoms with Crippen LogP contribution in [0, 0.1) is 5.92 Å². The van der Waals surface area contributed by atoms with Crippen LogP contribution in [0.4, 0.5) is 5.69 Å². The lowest BCUT2D eigenvalue weighted by atomic mass is 9.97. The zero-order valence-electron chi connectivity index (χ0n) is 17.0. The summed E-state index contributed by atoms with van der Waals surface area (Å²) in [6.07, 6.45) is 1.84. The van der Waals surface area contributed by atoms with Gasteiger partial charge in [0.1, 0.15) is 5.75 Å². The second-order valence-electron chi connectivity index (χ2n) is 8.06. The number of benzene rings is 2. The lowest BCUT2D eigenvalue weighted by Gasteiger charge is -2.31. The van der Waals surface area contributed by atoms with Gasteiger partial charge in [-0.2, -0.15) is 0 Å². The average Bonchev–Trinajstić information content (AvgIpc) is 2.69. The first-order chi connectivity index (χ1) is 13.8. The molecule has 1 unspecified atom stereocenters. The number of hydrogen-bond acceptors (Lipinski definition) is 4. The molecule has 6 nitrogen and oxygen atoms in total. The zero-order chi connectivity index (χ0) is 21.0. The first-order valence-electron chi connectivity index (χ1n) is 10.1. The number of carbonyl (C=O) groups is 2. The Bertz CT molecular complexity index is 877. The number of carbonyl (C=O) groups excluding carboxylic acids is 2. The number of phenolic OH excluding ortho intramolecular Hbond substituents is 1. The van der Waals surface area contributed by atoms with Gasteiger partial charge in [0.05, 0.1) is 11.5 Å².